The highest BCUT2D eigenvalue weighted by atomic mass is 16.5. The molecule has 0 saturated heterocycles. The summed E-state index contributed by atoms with van der Waals surface area (Å²) in [6, 6.07) is 14.5. The van der Waals surface area contributed by atoms with Crippen LogP contribution in [0.15, 0.2) is 54.7 Å². The van der Waals surface area contributed by atoms with Crippen molar-refractivity contribution < 1.29 is 19.1 Å². The Balaban J connectivity index is 1.48. The minimum Gasteiger partial charge on any atom is -0.462 e. The van der Waals surface area contributed by atoms with Crippen molar-refractivity contribution in [2.75, 3.05) is 18.5 Å². The van der Waals surface area contributed by atoms with Crippen LogP contribution in [-0.4, -0.2) is 45.8 Å². The third kappa shape index (κ3) is 4.74. The average Bonchev–Trinajstić information content (AvgIpc) is 3.04. The Morgan fingerprint density at radius 2 is 1.79 bits per heavy atom. The van der Waals surface area contributed by atoms with E-state index in [0.29, 0.717) is 35.6 Å². The van der Waals surface area contributed by atoms with Crippen molar-refractivity contribution in [3.8, 4) is 0 Å². The molecule has 0 aliphatic carbocycles. The molecule has 1 aliphatic heterocycles. The first kappa shape index (κ1) is 22.1. The molecule has 0 radical (unpaired) electrons. The molecule has 0 spiro atoms. The number of aryl methyl sites for hydroxylation is 2. The van der Waals surface area contributed by atoms with Crippen molar-refractivity contribution in [1.82, 2.24) is 14.9 Å². The largest absolute Gasteiger partial charge is 0.462 e. The fourth-order valence-electron chi connectivity index (χ4n) is 3.69. The Morgan fingerprint density at radius 3 is 2.45 bits per heavy atom. The van der Waals surface area contributed by atoms with Crippen LogP contribution in [0.25, 0.3) is 0 Å². The Kier molecular flexibility index (Phi) is 6.44. The van der Waals surface area contributed by atoms with Crippen LogP contribution < -0.4 is 5.32 Å². The van der Waals surface area contributed by atoms with Gasteiger partial charge in [0.1, 0.15) is 17.2 Å². The molecule has 168 valence electrons. The second-order valence-corrected chi connectivity index (χ2v) is 7.67. The van der Waals surface area contributed by atoms with E-state index in [9.17, 15) is 14.4 Å². The quantitative estimate of drug-likeness (QED) is 0.415. The lowest BCUT2D eigenvalue weighted by Crippen LogP contribution is -2.31. The maximum atomic E-state index is 12.5. The summed E-state index contributed by atoms with van der Waals surface area (Å²) in [5.74, 6) is -0.225. The minimum atomic E-state index is -0.509. The summed E-state index contributed by atoms with van der Waals surface area (Å²) in [4.78, 5) is 47.5. The SMILES string of the molecule is CCOC(=O)c1cnc(CCCN2C(=O)c3ccccc3C2=O)nc1Nc1cccc(C)c1. The van der Waals surface area contributed by atoms with E-state index in [2.05, 4.69) is 15.3 Å². The summed E-state index contributed by atoms with van der Waals surface area (Å²) in [6.45, 7) is 4.21. The van der Waals surface area contributed by atoms with Crippen LogP contribution in [0.3, 0.4) is 0 Å². The highest BCUT2D eigenvalue weighted by Gasteiger charge is 2.34. The summed E-state index contributed by atoms with van der Waals surface area (Å²) in [5, 5.41) is 3.18. The van der Waals surface area contributed by atoms with Gasteiger partial charge in [0.15, 0.2) is 0 Å². The molecular weight excluding hydrogens is 420 g/mol. The van der Waals surface area contributed by atoms with Gasteiger partial charge < -0.3 is 10.1 Å². The first-order chi connectivity index (χ1) is 16.0. The zero-order valence-corrected chi connectivity index (χ0v) is 18.5. The Labute approximate surface area is 191 Å². The third-order valence-corrected chi connectivity index (χ3v) is 5.28. The van der Waals surface area contributed by atoms with Gasteiger partial charge in [-0.2, -0.15) is 0 Å². The van der Waals surface area contributed by atoms with Gasteiger partial charge in [-0.3, -0.25) is 14.5 Å². The van der Waals surface area contributed by atoms with Gasteiger partial charge in [-0.15, -0.1) is 0 Å². The zero-order chi connectivity index (χ0) is 23.4. The fourth-order valence-corrected chi connectivity index (χ4v) is 3.69. The van der Waals surface area contributed by atoms with Crippen molar-refractivity contribution in [3.63, 3.8) is 0 Å². The van der Waals surface area contributed by atoms with E-state index >= 15 is 0 Å². The van der Waals surface area contributed by atoms with Gasteiger partial charge in [-0.05, 0) is 50.1 Å². The van der Waals surface area contributed by atoms with Crippen molar-refractivity contribution >= 4 is 29.3 Å². The minimum absolute atomic E-state index is 0.238. The molecule has 0 atom stereocenters. The number of amides is 2. The third-order valence-electron chi connectivity index (χ3n) is 5.28. The Bertz CT molecular complexity index is 1190. The number of rotatable bonds is 8. The highest BCUT2D eigenvalue weighted by Crippen LogP contribution is 2.23. The second-order valence-electron chi connectivity index (χ2n) is 7.67. The number of nitrogens with one attached hydrogen (secondary N) is 1. The van der Waals surface area contributed by atoms with E-state index in [1.54, 1.807) is 31.2 Å². The molecule has 33 heavy (non-hydrogen) atoms. The van der Waals surface area contributed by atoms with Gasteiger partial charge in [-0.1, -0.05) is 24.3 Å². The van der Waals surface area contributed by atoms with Gasteiger partial charge in [0.2, 0.25) is 0 Å². The van der Waals surface area contributed by atoms with Crippen LogP contribution in [0.4, 0.5) is 11.5 Å². The monoisotopic (exact) mass is 444 g/mol. The molecular formula is C25H24N4O4. The first-order valence-corrected chi connectivity index (χ1v) is 10.8. The van der Waals surface area contributed by atoms with E-state index in [1.807, 2.05) is 31.2 Å². The second kappa shape index (κ2) is 9.60. The molecule has 0 fully saturated rings. The van der Waals surface area contributed by atoms with Crippen molar-refractivity contribution in [1.29, 1.82) is 0 Å². The predicted molar refractivity (Wildman–Crippen MR) is 123 cm³/mol. The smallest absolute Gasteiger partial charge is 0.343 e. The summed E-state index contributed by atoms with van der Waals surface area (Å²) in [7, 11) is 0. The number of hydrogen-bond acceptors (Lipinski definition) is 7. The van der Waals surface area contributed by atoms with Gasteiger partial charge in [0.05, 0.1) is 17.7 Å². The molecule has 8 heteroatoms. The summed E-state index contributed by atoms with van der Waals surface area (Å²) in [5.41, 5.74) is 2.95. The molecule has 8 nitrogen and oxygen atoms in total. The predicted octanol–water partition coefficient (Wildman–Crippen LogP) is 3.93. The van der Waals surface area contributed by atoms with Crippen molar-refractivity contribution in [2.24, 2.45) is 0 Å². The molecule has 0 unspecified atom stereocenters. The molecule has 0 bridgehead atoms. The number of hydrogen-bond donors (Lipinski definition) is 1. The van der Waals surface area contributed by atoms with Crippen LogP contribution in [0.5, 0.6) is 0 Å². The van der Waals surface area contributed by atoms with Crippen LogP contribution >= 0.6 is 0 Å². The summed E-state index contributed by atoms with van der Waals surface area (Å²) < 4.78 is 5.13. The molecule has 2 aromatic carbocycles. The summed E-state index contributed by atoms with van der Waals surface area (Å²) in [6.07, 6.45) is 2.37. The molecule has 1 aromatic heterocycles. The van der Waals surface area contributed by atoms with E-state index in [1.165, 1.54) is 11.1 Å². The molecule has 2 amide bonds. The molecule has 3 aromatic rings. The maximum Gasteiger partial charge on any atom is 0.343 e. The van der Waals surface area contributed by atoms with E-state index in [0.717, 1.165) is 11.3 Å². The zero-order valence-electron chi connectivity index (χ0n) is 18.5. The van der Waals surface area contributed by atoms with E-state index in [-0.39, 0.29) is 30.5 Å². The number of imide groups is 1. The lowest BCUT2D eigenvalue weighted by molar-refractivity contribution is 0.0525. The molecule has 0 saturated carbocycles. The normalized spacial score (nSPS) is 12.6. The maximum absolute atomic E-state index is 12.5. The van der Waals surface area contributed by atoms with Gasteiger partial charge in [0.25, 0.3) is 11.8 Å². The number of ether oxygens (including phenoxy) is 1. The van der Waals surface area contributed by atoms with Crippen LogP contribution in [0, 0.1) is 6.92 Å². The number of carbonyl (C=O) groups is 3. The number of esters is 1. The Morgan fingerprint density at radius 1 is 1.06 bits per heavy atom. The standard InChI is InChI=1S/C25H24N4O4/c1-3-33-25(32)20-15-26-21(28-22(20)27-17-9-6-8-16(2)14-17)12-7-13-29-23(30)18-10-4-5-11-19(18)24(29)31/h4-6,8-11,14-15H,3,7,12-13H2,1-2H3,(H,26,27,28). The molecule has 2 heterocycles. The van der Waals surface area contributed by atoms with Crippen LogP contribution in [0.2, 0.25) is 0 Å². The number of fused-ring (bicyclic) bond motifs is 1. The number of carbonyl (C=O) groups excluding carboxylic acids is 3. The van der Waals surface area contributed by atoms with Gasteiger partial charge in [0, 0.05) is 24.8 Å². The molecule has 1 aliphatic rings. The van der Waals surface area contributed by atoms with Crippen molar-refractivity contribution in [2.45, 2.75) is 26.7 Å². The number of nitrogens with zero attached hydrogens (tertiary/aromatic N) is 3. The number of anilines is 2. The molecule has 1 N–H and O–H groups in total. The average molecular weight is 444 g/mol. The van der Waals surface area contributed by atoms with Crippen LogP contribution in [-0.2, 0) is 11.2 Å². The number of benzene rings is 2. The fraction of sp³-hybridized carbons (Fsp3) is 0.240. The lowest BCUT2D eigenvalue weighted by atomic mass is 10.1. The Hall–Kier alpha value is -4.07. The van der Waals surface area contributed by atoms with Crippen molar-refractivity contribution in [3.05, 3.63) is 82.8 Å². The van der Waals surface area contributed by atoms with E-state index in [4.69, 9.17) is 4.74 Å². The first-order valence-electron chi connectivity index (χ1n) is 10.8. The van der Waals surface area contributed by atoms with E-state index < -0.39 is 5.97 Å². The van der Waals surface area contributed by atoms with Gasteiger partial charge >= 0.3 is 5.97 Å². The highest BCUT2D eigenvalue weighted by molar-refractivity contribution is 6.21. The lowest BCUT2D eigenvalue weighted by Gasteiger charge is -2.14. The number of aromatic nitrogens is 2. The topological polar surface area (TPSA) is 101 Å². The molecule has 4 rings (SSSR count). The van der Waals surface area contributed by atoms with Gasteiger partial charge in [-0.25, -0.2) is 14.8 Å². The van der Waals surface area contributed by atoms with Crippen LogP contribution in [0.1, 0.15) is 55.8 Å². The summed E-state index contributed by atoms with van der Waals surface area (Å²) >= 11 is 0.